The molecule has 0 bridgehead atoms. The van der Waals surface area contributed by atoms with Crippen molar-refractivity contribution in [3.63, 3.8) is 0 Å². The van der Waals surface area contributed by atoms with Crippen LogP contribution in [0.3, 0.4) is 0 Å². The van der Waals surface area contributed by atoms with Gasteiger partial charge in [-0.15, -0.1) is 12.6 Å². The number of benzene rings is 2. The van der Waals surface area contributed by atoms with Gasteiger partial charge in [-0.05, 0) is 57.8 Å². The molecule has 0 saturated carbocycles. The second-order valence-corrected chi connectivity index (χ2v) is 8.72. The molecular formula is C26H32N4O4S. The third kappa shape index (κ3) is 6.43. The minimum atomic E-state index is -0.204. The van der Waals surface area contributed by atoms with Crippen molar-refractivity contribution in [3.8, 4) is 23.0 Å². The van der Waals surface area contributed by atoms with E-state index < -0.39 is 0 Å². The molecule has 0 aliphatic carbocycles. The first-order valence-corrected chi connectivity index (χ1v) is 11.8. The fraction of sp³-hybridized carbons (Fsp3) is 0.346. The fourth-order valence-corrected chi connectivity index (χ4v) is 3.94. The molecule has 0 aliphatic rings. The first-order valence-electron chi connectivity index (χ1n) is 11.3. The number of nitrogens with zero attached hydrogens (tertiary/aromatic N) is 3. The lowest BCUT2D eigenvalue weighted by atomic mass is 10.1. The van der Waals surface area contributed by atoms with Gasteiger partial charge in [-0.1, -0.05) is 13.3 Å². The predicted octanol–water partition coefficient (Wildman–Crippen LogP) is 5.23. The monoisotopic (exact) mass is 496 g/mol. The molecule has 186 valence electrons. The van der Waals surface area contributed by atoms with Crippen LogP contribution in [0.15, 0.2) is 52.5 Å². The predicted molar refractivity (Wildman–Crippen MR) is 142 cm³/mol. The maximum absolute atomic E-state index is 12.6. The number of carbonyl (C=O) groups excluding carboxylic acids is 1. The zero-order valence-corrected chi connectivity index (χ0v) is 21.8. The first kappa shape index (κ1) is 26.3. The number of hydrogen-bond donors (Lipinski definition) is 2. The lowest BCUT2D eigenvalue weighted by Crippen LogP contribution is -2.45. The molecule has 0 fully saturated rings. The molecule has 0 unspecified atom stereocenters. The number of likely N-dealkylation sites (N-methyl/N-ethyl adjacent to an activating group) is 1. The van der Waals surface area contributed by atoms with Gasteiger partial charge >= 0.3 is 0 Å². The van der Waals surface area contributed by atoms with Crippen molar-refractivity contribution in [1.29, 1.82) is 0 Å². The van der Waals surface area contributed by atoms with Crippen LogP contribution < -0.4 is 19.5 Å². The van der Waals surface area contributed by atoms with E-state index in [2.05, 4.69) is 34.8 Å². The van der Waals surface area contributed by atoms with Crippen molar-refractivity contribution in [1.82, 2.24) is 15.2 Å². The Balaban J connectivity index is 1.81. The number of hydrogen-bond acceptors (Lipinski definition) is 8. The number of pyridine rings is 1. The van der Waals surface area contributed by atoms with Crippen molar-refractivity contribution in [2.24, 2.45) is 4.99 Å². The van der Waals surface area contributed by atoms with Crippen LogP contribution >= 0.6 is 12.6 Å². The van der Waals surface area contributed by atoms with Crippen LogP contribution in [0.5, 0.6) is 23.0 Å². The number of nitrogens with one attached hydrogen (secondary N) is 1. The second kappa shape index (κ2) is 11.9. The van der Waals surface area contributed by atoms with Gasteiger partial charge in [0.05, 0.1) is 31.5 Å². The molecule has 0 aliphatic heterocycles. The van der Waals surface area contributed by atoms with Crippen LogP contribution in [-0.2, 0) is 4.79 Å². The van der Waals surface area contributed by atoms with Gasteiger partial charge in [0.25, 0.3) is 0 Å². The van der Waals surface area contributed by atoms with E-state index in [-0.39, 0.29) is 11.9 Å². The van der Waals surface area contributed by atoms with Crippen LogP contribution in [0, 0.1) is 0 Å². The Hall–Kier alpha value is -3.30. The summed E-state index contributed by atoms with van der Waals surface area (Å²) in [6.07, 6.45) is 3.37. The number of ether oxygens (including phenoxy) is 3. The molecule has 35 heavy (non-hydrogen) atoms. The molecule has 0 saturated heterocycles. The highest BCUT2D eigenvalue weighted by atomic mass is 32.1. The number of aliphatic imine (C=N–C) groups is 1. The Bertz CT molecular complexity index is 1230. The summed E-state index contributed by atoms with van der Waals surface area (Å²) in [5.41, 5.74) is 1.35. The van der Waals surface area contributed by atoms with E-state index in [0.29, 0.717) is 39.4 Å². The van der Waals surface area contributed by atoms with Crippen LogP contribution in [-0.4, -0.2) is 56.0 Å². The molecule has 1 atom stereocenters. The second-order valence-electron chi connectivity index (χ2n) is 8.24. The highest BCUT2D eigenvalue weighted by molar-refractivity contribution is 7.80. The zero-order chi connectivity index (χ0) is 25.5. The van der Waals surface area contributed by atoms with Gasteiger partial charge in [-0.25, -0.2) is 4.99 Å². The maximum atomic E-state index is 12.6. The van der Waals surface area contributed by atoms with Crippen LogP contribution in [0.2, 0.25) is 0 Å². The number of fused-ring (bicyclic) bond motifs is 1. The molecule has 9 heteroatoms. The van der Waals surface area contributed by atoms with Crippen molar-refractivity contribution >= 4 is 41.0 Å². The van der Waals surface area contributed by atoms with Gasteiger partial charge in [-0.2, -0.15) is 0 Å². The number of amides is 1. The number of thiol groups is 1. The Morgan fingerprint density at radius 1 is 1.11 bits per heavy atom. The van der Waals surface area contributed by atoms with E-state index in [1.165, 1.54) is 0 Å². The summed E-state index contributed by atoms with van der Waals surface area (Å²) < 4.78 is 16.9. The Kier molecular flexibility index (Phi) is 8.95. The van der Waals surface area contributed by atoms with E-state index in [1.807, 2.05) is 25.1 Å². The summed E-state index contributed by atoms with van der Waals surface area (Å²) in [6, 6.07) is 10.6. The molecule has 3 aromatic rings. The van der Waals surface area contributed by atoms with Crippen molar-refractivity contribution in [2.45, 2.75) is 37.6 Å². The minimum absolute atomic E-state index is 0.0737. The molecule has 1 N–H and O–H groups in total. The highest BCUT2D eigenvalue weighted by Crippen LogP contribution is 2.38. The van der Waals surface area contributed by atoms with Crippen molar-refractivity contribution < 1.29 is 19.0 Å². The summed E-state index contributed by atoms with van der Waals surface area (Å²) in [6.45, 7) is 3.82. The van der Waals surface area contributed by atoms with Gasteiger partial charge in [-0.3, -0.25) is 14.7 Å². The van der Waals surface area contributed by atoms with E-state index >= 15 is 0 Å². The third-order valence-electron chi connectivity index (χ3n) is 5.46. The summed E-state index contributed by atoms with van der Waals surface area (Å²) >= 11 is 4.58. The Labute approximate surface area is 211 Å². The lowest BCUT2D eigenvalue weighted by Gasteiger charge is -2.22. The number of methoxy groups -OCH3 is 2. The van der Waals surface area contributed by atoms with E-state index in [0.717, 1.165) is 23.7 Å². The van der Waals surface area contributed by atoms with Crippen LogP contribution in [0.25, 0.3) is 10.9 Å². The molecule has 1 aromatic heterocycles. The Morgan fingerprint density at radius 3 is 2.46 bits per heavy atom. The standard InChI is InChI=1S/C26H32N4O4S/c1-7-8-21(30(3)4)26(31)29-16(2)28-19-10-9-17(13-25(19)35)34-22-11-12-27-20-15-24(33-6)23(32-5)14-18(20)22/h9-15,21,35H,7-8H2,1-6H3,(H,28,29,31)/t21-/m0/s1. The van der Waals surface area contributed by atoms with Gasteiger partial charge < -0.3 is 19.5 Å². The molecule has 0 radical (unpaired) electrons. The number of aromatic nitrogens is 1. The molecule has 8 nitrogen and oxygen atoms in total. The first-order chi connectivity index (χ1) is 16.8. The number of amidine groups is 1. The maximum Gasteiger partial charge on any atom is 0.242 e. The Morgan fingerprint density at radius 2 is 1.83 bits per heavy atom. The quantitative estimate of drug-likeness (QED) is 0.240. The van der Waals surface area contributed by atoms with Crippen molar-refractivity contribution in [2.75, 3.05) is 28.3 Å². The summed E-state index contributed by atoms with van der Waals surface area (Å²) in [5.74, 6) is 2.82. The largest absolute Gasteiger partial charge is 0.493 e. The van der Waals surface area contributed by atoms with Crippen LogP contribution in [0.1, 0.15) is 26.7 Å². The average Bonchev–Trinajstić information content (AvgIpc) is 2.83. The molecular weight excluding hydrogens is 464 g/mol. The lowest BCUT2D eigenvalue weighted by molar-refractivity contribution is -0.124. The molecule has 1 amide bonds. The topological polar surface area (TPSA) is 85.3 Å². The van der Waals surface area contributed by atoms with Gasteiger partial charge in [0.2, 0.25) is 5.91 Å². The average molecular weight is 497 g/mol. The van der Waals surface area contributed by atoms with E-state index in [1.54, 1.807) is 57.7 Å². The van der Waals surface area contributed by atoms with Crippen molar-refractivity contribution in [3.05, 3.63) is 42.6 Å². The zero-order valence-electron chi connectivity index (χ0n) is 21.0. The fourth-order valence-electron chi connectivity index (χ4n) is 3.69. The van der Waals surface area contributed by atoms with Gasteiger partial charge in [0.1, 0.15) is 17.3 Å². The minimum Gasteiger partial charge on any atom is -0.493 e. The van der Waals surface area contributed by atoms with Crippen LogP contribution in [0.4, 0.5) is 5.69 Å². The van der Waals surface area contributed by atoms with Gasteiger partial charge in [0, 0.05) is 22.5 Å². The van der Waals surface area contributed by atoms with E-state index in [9.17, 15) is 4.79 Å². The molecule has 0 spiro atoms. The third-order valence-corrected chi connectivity index (χ3v) is 5.82. The normalized spacial score (nSPS) is 12.5. The smallest absolute Gasteiger partial charge is 0.242 e. The van der Waals surface area contributed by atoms with E-state index in [4.69, 9.17) is 14.2 Å². The summed E-state index contributed by atoms with van der Waals surface area (Å²) in [7, 11) is 6.97. The summed E-state index contributed by atoms with van der Waals surface area (Å²) in [4.78, 5) is 24.1. The highest BCUT2D eigenvalue weighted by Gasteiger charge is 2.20. The molecule has 2 aromatic carbocycles. The van der Waals surface area contributed by atoms with Gasteiger partial charge in [0.15, 0.2) is 11.5 Å². The summed E-state index contributed by atoms with van der Waals surface area (Å²) in [5, 5.41) is 3.68. The number of rotatable bonds is 9. The SMILES string of the molecule is CCC[C@@H](C(=O)NC(C)=Nc1ccc(Oc2ccnc3cc(OC)c(OC)cc23)cc1S)N(C)C. The molecule has 1 heterocycles. The number of carbonyl (C=O) groups is 1. The molecule has 3 rings (SSSR count).